The van der Waals surface area contributed by atoms with E-state index in [9.17, 15) is 0 Å². The highest BCUT2D eigenvalue weighted by Gasteiger charge is 2.12. The molecule has 2 heteroatoms. The van der Waals surface area contributed by atoms with E-state index in [0.29, 0.717) is 0 Å². The third kappa shape index (κ3) is 4.96. The van der Waals surface area contributed by atoms with Gasteiger partial charge in [-0.15, -0.1) is 0 Å². The van der Waals surface area contributed by atoms with Crippen LogP contribution in [0.15, 0.2) is 83.3 Å². The van der Waals surface area contributed by atoms with Crippen molar-refractivity contribution in [2.45, 2.75) is 26.9 Å². The summed E-state index contributed by atoms with van der Waals surface area (Å²) in [6.07, 6.45) is 0. The number of hydrogen-bond donors (Lipinski definition) is 0. The second kappa shape index (κ2) is 8.35. The molecule has 0 fully saturated rings. The molecule has 0 spiro atoms. The van der Waals surface area contributed by atoms with Crippen molar-refractivity contribution >= 4 is 21.6 Å². The van der Waals surface area contributed by atoms with E-state index in [4.69, 9.17) is 0 Å². The summed E-state index contributed by atoms with van der Waals surface area (Å²) in [5.74, 6) is 1.32. The van der Waals surface area contributed by atoms with Crippen LogP contribution < -0.4 is 4.90 Å². The minimum Gasteiger partial charge on any atom is -0.363 e. The van der Waals surface area contributed by atoms with Crippen LogP contribution in [-0.2, 0) is 13.1 Å². The first-order chi connectivity index (χ1) is 12.1. The highest BCUT2D eigenvalue weighted by molar-refractivity contribution is 9.10. The summed E-state index contributed by atoms with van der Waals surface area (Å²) in [5, 5.41) is 0. The first-order valence-electron chi connectivity index (χ1n) is 8.56. The Labute approximate surface area is 159 Å². The van der Waals surface area contributed by atoms with Crippen molar-refractivity contribution in [1.29, 1.82) is 0 Å². The van der Waals surface area contributed by atoms with Crippen molar-refractivity contribution in [3.63, 3.8) is 0 Å². The molecule has 127 valence electrons. The predicted molar refractivity (Wildman–Crippen MR) is 111 cm³/mol. The van der Waals surface area contributed by atoms with Gasteiger partial charge in [-0.3, -0.25) is 0 Å². The van der Waals surface area contributed by atoms with Gasteiger partial charge in [0.25, 0.3) is 0 Å². The van der Waals surface area contributed by atoms with E-state index >= 15 is 0 Å². The number of rotatable bonds is 6. The highest BCUT2D eigenvalue weighted by atomic mass is 79.9. The van der Waals surface area contributed by atoms with Gasteiger partial charge in [0.1, 0.15) is 0 Å². The predicted octanol–water partition coefficient (Wildman–Crippen LogP) is 6.62. The van der Waals surface area contributed by atoms with E-state index in [0.717, 1.165) is 17.6 Å². The molecule has 1 radical (unpaired) electrons. The molecule has 0 unspecified atom stereocenters. The van der Waals surface area contributed by atoms with E-state index < -0.39 is 0 Å². The molecule has 25 heavy (non-hydrogen) atoms. The SMILES string of the molecule is C[C](C)c1cc(Br)cc(N(Cc2ccccc2)Cc2ccccc2)c1. The summed E-state index contributed by atoms with van der Waals surface area (Å²) in [6.45, 7) is 6.08. The summed E-state index contributed by atoms with van der Waals surface area (Å²) in [7, 11) is 0. The molecular formula is C23H23BrN. The number of nitrogens with zero attached hydrogens (tertiary/aromatic N) is 1. The minimum absolute atomic E-state index is 0.883. The van der Waals surface area contributed by atoms with Crippen LogP contribution in [0.5, 0.6) is 0 Å². The molecule has 3 aromatic carbocycles. The van der Waals surface area contributed by atoms with Crippen molar-refractivity contribution in [1.82, 2.24) is 0 Å². The lowest BCUT2D eigenvalue weighted by molar-refractivity contribution is 0.799. The molecule has 0 saturated carbocycles. The van der Waals surface area contributed by atoms with E-state index in [2.05, 4.69) is 114 Å². The fourth-order valence-corrected chi connectivity index (χ4v) is 3.37. The average molecular weight is 393 g/mol. The van der Waals surface area contributed by atoms with Crippen molar-refractivity contribution in [2.24, 2.45) is 0 Å². The lowest BCUT2D eigenvalue weighted by Gasteiger charge is -2.26. The Morgan fingerprint density at radius 1 is 0.760 bits per heavy atom. The van der Waals surface area contributed by atoms with Crippen LogP contribution in [0.4, 0.5) is 5.69 Å². The van der Waals surface area contributed by atoms with Crippen LogP contribution in [0, 0.1) is 5.92 Å². The quantitative estimate of drug-likeness (QED) is 0.455. The zero-order chi connectivity index (χ0) is 17.6. The van der Waals surface area contributed by atoms with E-state index in [1.165, 1.54) is 28.3 Å². The summed E-state index contributed by atoms with van der Waals surface area (Å²) in [6, 6.07) is 28.0. The van der Waals surface area contributed by atoms with Crippen LogP contribution in [0.3, 0.4) is 0 Å². The molecule has 1 nitrogen and oxygen atoms in total. The smallest absolute Gasteiger partial charge is 0.0433 e. The molecule has 0 aliphatic rings. The minimum atomic E-state index is 0.883. The highest BCUT2D eigenvalue weighted by Crippen LogP contribution is 2.29. The maximum Gasteiger partial charge on any atom is 0.0433 e. The molecule has 3 aromatic rings. The second-order valence-corrected chi connectivity index (χ2v) is 7.44. The van der Waals surface area contributed by atoms with Crippen LogP contribution in [0.2, 0.25) is 0 Å². The Hall–Kier alpha value is -2.06. The maximum atomic E-state index is 3.68. The zero-order valence-electron chi connectivity index (χ0n) is 14.7. The van der Waals surface area contributed by atoms with Gasteiger partial charge in [0.2, 0.25) is 0 Å². The summed E-state index contributed by atoms with van der Waals surface area (Å²) in [4.78, 5) is 2.43. The monoisotopic (exact) mass is 392 g/mol. The normalized spacial score (nSPS) is 10.9. The van der Waals surface area contributed by atoms with Crippen LogP contribution >= 0.6 is 15.9 Å². The Kier molecular flexibility index (Phi) is 5.93. The molecule has 0 aliphatic heterocycles. The van der Waals surface area contributed by atoms with Crippen LogP contribution in [-0.4, -0.2) is 0 Å². The van der Waals surface area contributed by atoms with Gasteiger partial charge < -0.3 is 4.90 Å². The lowest BCUT2D eigenvalue weighted by Crippen LogP contribution is -2.22. The van der Waals surface area contributed by atoms with Gasteiger partial charge in [-0.1, -0.05) is 90.4 Å². The Morgan fingerprint density at radius 2 is 1.28 bits per heavy atom. The van der Waals surface area contributed by atoms with Gasteiger partial charge in [0.05, 0.1) is 0 Å². The average Bonchev–Trinajstić information content (AvgIpc) is 2.62. The fourth-order valence-electron chi connectivity index (χ4n) is 2.89. The van der Waals surface area contributed by atoms with Gasteiger partial charge in [-0.05, 0) is 40.8 Å². The largest absolute Gasteiger partial charge is 0.363 e. The van der Waals surface area contributed by atoms with Crippen LogP contribution in [0.25, 0.3) is 0 Å². The molecule has 0 aromatic heterocycles. The van der Waals surface area contributed by atoms with E-state index in [1.807, 2.05) is 0 Å². The number of anilines is 1. The van der Waals surface area contributed by atoms with E-state index in [-0.39, 0.29) is 0 Å². The Bertz CT molecular complexity index is 755. The van der Waals surface area contributed by atoms with Crippen LogP contribution in [0.1, 0.15) is 30.5 Å². The lowest BCUT2D eigenvalue weighted by atomic mass is 10.0. The number of halogens is 1. The number of hydrogen-bond acceptors (Lipinski definition) is 1. The van der Waals surface area contributed by atoms with Gasteiger partial charge >= 0.3 is 0 Å². The topological polar surface area (TPSA) is 3.24 Å². The molecule has 0 heterocycles. The van der Waals surface area contributed by atoms with Crippen molar-refractivity contribution in [2.75, 3.05) is 4.90 Å². The van der Waals surface area contributed by atoms with Gasteiger partial charge in [0.15, 0.2) is 0 Å². The molecule has 0 saturated heterocycles. The van der Waals surface area contributed by atoms with Gasteiger partial charge in [0, 0.05) is 23.2 Å². The summed E-state index contributed by atoms with van der Waals surface area (Å²) in [5.41, 5.74) is 5.14. The molecule has 0 N–H and O–H groups in total. The Balaban J connectivity index is 1.95. The molecule has 0 amide bonds. The standard InChI is InChI=1S/C23H23BrN/c1-18(2)21-13-22(24)15-23(14-21)25(16-19-9-5-3-6-10-19)17-20-11-7-4-8-12-20/h3-15H,16-17H2,1-2H3. The second-order valence-electron chi connectivity index (χ2n) is 6.53. The third-order valence-electron chi connectivity index (χ3n) is 4.26. The molecule has 0 atom stereocenters. The fraction of sp³-hybridized carbons (Fsp3) is 0.174. The first kappa shape index (κ1) is 17.8. The van der Waals surface area contributed by atoms with Gasteiger partial charge in [-0.25, -0.2) is 0 Å². The number of benzene rings is 3. The molecular weight excluding hydrogens is 370 g/mol. The molecule has 0 aliphatic carbocycles. The zero-order valence-corrected chi connectivity index (χ0v) is 16.3. The van der Waals surface area contributed by atoms with Crippen molar-refractivity contribution in [3.8, 4) is 0 Å². The Morgan fingerprint density at radius 3 is 1.76 bits per heavy atom. The van der Waals surface area contributed by atoms with Crippen molar-refractivity contribution < 1.29 is 0 Å². The molecule has 0 bridgehead atoms. The van der Waals surface area contributed by atoms with Crippen molar-refractivity contribution in [3.05, 3.63) is 106 Å². The first-order valence-corrected chi connectivity index (χ1v) is 9.35. The maximum absolute atomic E-state index is 3.68. The van der Waals surface area contributed by atoms with Gasteiger partial charge in [-0.2, -0.15) is 0 Å². The summed E-state index contributed by atoms with van der Waals surface area (Å²) >= 11 is 3.68. The summed E-state index contributed by atoms with van der Waals surface area (Å²) < 4.78 is 1.12. The third-order valence-corrected chi connectivity index (χ3v) is 4.72. The van der Waals surface area contributed by atoms with E-state index in [1.54, 1.807) is 0 Å². The molecule has 3 rings (SSSR count).